The van der Waals surface area contributed by atoms with Gasteiger partial charge in [-0.1, -0.05) is 26.0 Å². The lowest BCUT2D eigenvalue weighted by atomic mass is 10.1. The van der Waals surface area contributed by atoms with Crippen LogP contribution in [-0.2, 0) is 4.79 Å². The highest BCUT2D eigenvalue weighted by atomic mass is 32.2. The van der Waals surface area contributed by atoms with Crippen molar-refractivity contribution in [2.45, 2.75) is 62.8 Å². The van der Waals surface area contributed by atoms with Gasteiger partial charge in [0.05, 0.1) is 11.4 Å². The number of benzene rings is 1. The Bertz CT molecular complexity index is 430. The molecule has 0 bridgehead atoms. The van der Waals surface area contributed by atoms with Crippen molar-refractivity contribution < 1.29 is 9.90 Å². The summed E-state index contributed by atoms with van der Waals surface area (Å²) >= 11 is 1.52. The molecule has 0 aliphatic heterocycles. The van der Waals surface area contributed by atoms with Gasteiger partial charge in [-0.25, -0.2) is 0 Å². The minimum Gasteiger partial charge on any atom is -0.389 e. The Hall–Kier alpha value is -1.00. The molecule has 20 heavy (non-hydrogen) atoms. The summed E-state index contributed by atoms with van der Waals surface area (Å²) in [4.78, 5) is 13.1. The van der Waals surface area contributed by atoms with Crippen LogP contribution in [-0.4, -0.2) is 22.3 Å². The average Bonchev–Trinajstić information content (AvgIpc) is 2.44. The molecule has 0 aliphatic rings. The first-order valence-corrected chi connectivity index (χ1v) is 8.10. The molecule has 0 fully saturated rings. The van der Waals surface area contributed by atoms with Crippen LogP contribution in [0.3, 0.4) is 0 Å². The third-order valence-electron chi connectivity index (χ3n) is 3.35. The summed E-state index contributed by atoms with van der Waals surface area (Å²) in [6, 6.07) is 7.97. The molecule has 0 aromatic heterocycles. The fourth-order valence-electron chi connectivity index (χ4n) is 1.92. The van der Waals surface area contributed by atoms with E-state index in [-0.39, 0.29) is 17.2 Å². The molecule has 1 aromatic carbocycles. The molecular formula is C16H25NO2S. The number of amides is 1. The van der Waals surface area contributed by atoms with E-state index in [1.165, 1.54) is 11.8 Å². The van der Waals surface area contributed by atoms with Crippen molar-refractivity contribution in [2.75, 3.05) is 0 Å². The molecule has 1 aromatic rings. The molecule has 0 saturated heterocycles. The van der Waals surface area contributed by atoms with E-state index in [2.05, 4.69) is 19.2 Å². The van der Waals surface area contributed by atoms with Crippen LogP contribution >= 0.6 is 11.8 Å². The number of hydrogen-bond acceptors (Lipinski definition) is 3. The van der Waals surface area contributed by atoms with Gasteiger partial charge in [0, 0.05) is 10.9 Å². The SMILES string of the molecule is CCC(CC)NC(=O)C(C)Sc1cccc(C(C)O)c1. The number of carbonyl (C=O) groups is 1. The number of rotatable bonds is 7. The Labute approximate surface area is 126 Å². The summed E-state index contributed by atoms with van der Waals surface area (Å²) in [5, 5.41) is 12.5. The number of aliphatic hydroxyl groups excluding tert-OH is 1. The molecule has 0 aliphatic carbocycles. The highest BCUT2D eigenvalue weighted by Gasteiger charge is 2.17. The Morgan fingerprint density at radius 2 is 1.95 bits per heavy atom. The monoisotopic (exact) mass is 295 g/mol. The van der Waals surface area contributed by atoms with Crippen molar-refractivity contribution >= 4 is 17.7 Å². The van der Waals surface area contributed by atoms with Gasteiger partial charge in [0.1, 0.15) is 0 Å². The van der Waals surface area contributed by atoms with Crippen molar-refractivity contribution in [3.63, 3.8) is 0 Å². The molecule has 1 amide bonds. The van der Waals surface area contributed by atoms with Crippen LogP contribution in [0.5, 0.6) is 0 Å². The zero-order valence-electron chi connectivity index (χ0n) is 12.7. The Morgan fingerprint density at radius 1 is 1.30 bits per heavy atom. The predicted molar refractivity (Wildman–Crippen MR) is 84.9 cm³/mol. The van der Waals surface area contributed by atoms with E-state index in [1.54, 1.807) is 6.92 Å². The van der Waals surface area contributed by atoms with E-state index in [1.807, 2.05) is 31.2 Å². The number of nitrogens with one attached hydrogen (secondary N) is 1. The number of thioether (sulfide) groups is 1. The summed E-state index contributed by atoms with van der Waals surface area (Å²) in [6.45, 7) is 7.82. The molecule has 2 unspecified atom stereocenters. The van der Waals surface area contributed by atoms with Crippen molar-refractivity contribution in [2.24, 2.45) is 0 Å². The van der Waals surface area contributed by atoms with E-state index < -0.39 is 6.10 Å². The lowest BCUT2D eigenvalue weighted by Crippen LogP contribution is -2.38. The second-order valence-electron chi connectivity index (χ2n) is 5.03. The van der Waals surface area contributed by atoms with Gasteiger partial charge in [0.15, 0.2) is 0 Å². The average molecular weight is 295 g/mol. The van der Waals surface area contributed by atoms with Gasteiger partial charge in [0.25, 0.3) is 0 Å². The van der Waals surface area contributed by atoms with E-state index >= 15 is 0 Å². The first kappa shape index (κ1) is 17.1. The topological polar surface area (TPSA) is 49.3 Å². The Balaban J connectivity index is 2.63. The minimum atomic E-state index is -0.482. The van der Waals surface area contributed by atoms with Crippen LogP contribution in [0.2, 0.25) is 0 Å². The van der Waals surface area contributed by atoms with E-state index in [9.17, 15) is 9.90 Å². The van der Waals surface area contributed by atoms with Gasteiger partial charge < -0.3 is 10.4 Å². The van der Waals surface area contributed by atoms with Gasteiger partial charge in [0.2, 0.25) is 5.91 Å². The Kier molecular flexibility index (Phi) is 7.10. The maximum atomic E-state index is 12.1. The number of aliphatic hydroxyl groups is 1. The second kappa shape index (κ2) is 8.32. The third kappa shape index (κ3) is 5.17. The fraction of sp³-hybridized carbons (Fsp3) is 0.562. The quantitative estimate of drug-likeness (QED) is 0.757. The highest BCUT2D eigenvalue weighted by molar-refractivity contribution is 8.00. The Morgan fingerprint density at radius 3 is 2.50 bits per heavy atom. The van der Waals surface area contributed by atoms with Crippen LogP contribution in [0.1, 0.15) is 52.2 Å². The zero-order chi connectivity index (χ0) is 15.1. The van der Waals surface area contributed by atoms with Crippen LogP contribution in [0.15, 0.2) is 29.2 Å². The van der Waals surface area contributed by atoms with Crippen molar-refractivity contribution in [3.05, 3.63) is 29.8 Å². The highest BCUT2D eigenvalue weighted by Crippen LogP contribution is 2.26. The molecule has 0 heterocycles. The van der Waals surface area contributed by atoms with Crippen LogP contribution in [0.4, 0.5) is 0 Å². The molecule has 112 valence electrons. The third-order valence-corrected chi connectivity index (χ3v) is 4.45. The first-order chi connectivity index (χ1) is 9.47. The van der Waals surface area contributed by atoms with E-state index in [0.717, 1.165) is 23.3 Å². The predicted octanol–water partition coefficient (Wildman–Crippen LogP) is 3.53. The molecule has 4 heteroatoms. The van der Waals surface area contributed by atoms with Crippen molar-refractivity contribution in [1.82, 2.24) is 5.32 Å². The molecule has 1 rings (SSSR count). The van der Waals surface area contributed by atoms with Crippen LogP contribution in [0, 0.1) is 0 Å². The smallest absolute Gasteiger partial charge is 0.233 e. The maximum absolute atomic E-state index is 12.1. The summed E-state index contributed by atoms with van der Waals surface area (Å²) in [5.74, 6) is 0.0751. The fourth-order valence-corrected chi connectivity index (χ4v) is 2.86. The lowest BCUT2D eigenvalue weighted by molar-refractivity contribution is -0.121. The van der Waals surface area contributed by atoms with Gasteiger partial charge in [-0.2, -0.15) is 0 Å². The van der Waals surface area contributed by atoms with E-state index in [4.69, 9.17) is 0 Å². The maximum Gasteiger partial charge on any atom is 0.233 e. The van der Waals surface area contributed by atoms with E-state index in [0.29, 0.717) is 0 Å². The lowest BCUT2D eigenvalue weighted by Gasteiger charge is -2.18. The van der Waals surface area contributed by atoms with Crippen molar-refractivity contribution in [3.8, 4) is 0 Å². The summed E-state index contributed by atoms with van der Waals surface area (Å²) in [5.41, 5.74) is 0.877. The molecule has 0 radical (unpaired) electrons. The zero-order valence-corrected chi connectivity index (χ0v) is 13.5. The van der Waals surface area contributed by atoms with Crippen LogP contribution in [0.25, 0.3) is 0 Å². The molecule has 2 atom stereocenters. The largest absolute Gasteiger partial charge is 0.389 e. The minimum absolute atomic E-state index is 0.0751. The molecule has 0 spiro atoms. The number of hydrogen-bond donors (Lipinski definition) is 2. The van der Waals surface area contributed by atoms with Gasteiger partial charge in [-0.3, -0.25) is 4.79 Å². The molecule has 2 N–H and O–H groups in total. The summed E-state index contributed by atoms with van der Waals surface area (Å²) < 4.78 is 0. The summed E-state index contributed by atoms with van der Waals surface area (Å²) in [6.07, 6.45) is 1.43. The summed E-state index contributed by atoms with van der Waals surface area (Å²) in [7, 11) is 0. The molecular weight excluding hydrogens is 270 g/mol. The number of carbonyl (C=O) groups excluding carboxylic acids is 1. The van der Waals surface area contributed by atoms with Gasteiger partial charge >= 0.3 is 0 Å². The van der Waals surface area contributed by atoms with Gasteiger partial charge in [-0.05, 0) is 44.4 Å². The second-order valence-corrected chi connectivity index (χ2v) is 6.44. The standard InChI is InChI=1S/C16H25NO2S/c1-5-14(6-2)17-16(19)12(4)20-15-9-7-8-13(10-15)11(3)18/h7-12,14,18H,5-6H2,1-4H3,(H,17,19). The van der Waals surface area contributed by atoms with Crippen molar-refractivity contribution in [1.29, 1.82) is 0 Å². The molecule has 3 nitrogen and oxygen atoms in total. The normalized spacial score (nSPS) is 14.1. The van der Waals surface area contributed by atoms with Crippen LogP contribution < -0.4 is 5.32 Å². The van der Waals surface area contributed by atoms with Gasteiger partial charge in [-0.15, -0.1) is 11.8 Å². The first-order valence-electron chi connectivity index (χ1n) is 7.22. The molecule has 0 saturated carbocycles.